The van der Waals surface area contributed by atoms with Crippen LogP contribution in [-0.2, 0) is 6.42 Å². The van der Waals surface area contributed by atoms with Crippen LogP contribution in [0.2, 0.25) is 0 Å². The SMILES string of the molecule is CCCc1ccc(C#Cc2ccc3c(F)c(C#Cc4ccc(C)cc4)ccc3c2)cc1. The molecule has 0 unspecified atom stereocenters. The summed E-state index contributed by atoms with van der Waals surface area (Å²) >= 11 is 0. The van der Waals surface area contributed by atoms with Crippen LogP contribution in [0.5, 0.6) is 0 Å². The summed E-state index contributed by atoms with van der Waals surface area (Å²) in [6.07, 6.45) is 2.22. The Morgan fingerprint density at radius 2 is 1.29 bits per heavy atom. The Morgan fingerprint density at radius 3 is 2.00 bits per heavy atom. The van der Waals surface area contributed by atoms with Gasteiger partial charge < -0.3 is 0 Å². The van der Waals surface area contributed by atoms with Crippen LogP contribution in [0.15, 0.2) is 78.9 Å². The first kappa shape index (κ1) is 20.5. The Hall–Kier alpha value is -3.81. The fourth-order valence-electron chi connectivity index (χ4n) is 3.43. The molecule has 1 heteroatoms. The Morgan fingerprint density at radius 1 is 0.677 bits per heavy atom. The van der Waals surface area contributed by atoms with Crippen LogP contribution in [0.4, 0.5) is 4.39 Å². The lowest BCUT2D eigenvalue weighted by Crippen LogP contribution is -1.88. The molecule has 4 aromatic rings. The lowest BCUT2D eigenvalue weighted by atomic mass is 10.0. The van der Waals surface area contributed by atoms with Crippen LogP contribution in [0, 0.1) is 36.4 Å². The third-order valence-corrected chi connectivity index (χ3v) is 5.19. The van der Waals surface area contributed by atoms with Crippen molar-refractivity contribution in [2.75, 3.05) is 0 Å². The first-order chi connectivity index (χ1) is 15.1. The van der Waals surface area contributed by atoms with E-state index in [1.54, 1.807) is 12.1 Å². The van der Waals surface area contributed by atoms with Crippen LogP contribution in [0.25, 0.3) is 10.8 Å². The second-order valence-corrected chi connectivity index (χ2v) is 7.68. The molecule has 0 saturated heterocycles. The zero-order chi connectivity index (χ0) is 21.6. The first-order valence-electron chi connectivity index (χ1n) is 10.5. The summed E-state index contributed by atoms with van der Waals surface area (Å²) < 4.78 is 15.0. The summed E-state index contributed by atoms with van der Waals surface area (Å²) in [6, 6.07) is 25.5. The highest BCUT2D eigenvalue weighted by atomic mass is 19.1. The number of aryl methyl sites for hydroxylation is 2. The maximum Gasteiger partial charge on any atom is 0.146 e. The van der Waals surface area contributed by atoms with Crippen molar-refractivity contribution in [1.29, 1.82) is 0 Å². The van der Waals surface area contributed by atoms with E-state index in [0.717, 1.165) is 34.9 Å². The Kier molecular flexibility index (Phi) is 6.16. The van der Waals surface area contributed by atoms with Gasteiger partial charge in [0.15, 0.2) is 0 Å². The van der Waals surface area contributed by atoms with Gasteiger partial charge >= 0.3 is 0 Å². The quantitative estimate of drug-likeness (QED) is 0.316. The summed E-state index contributed by atoms with van der Waals surface area (Å²) in [5.74, 6) is 12.1. The van der Waals surface area contributed by atoms with Gasteiger partial charge in [-0.05, 0) is 66.8 Å². The normalized spacial score (nSPS) is 10.2. The molecule has 31 heavy (non-hydrogen) atoms. The molecule has 0 aliphatic carbocycles. The number of benzene rings is 4. The van der Waals surface area contributed by atoms with Gasteiger partial charge in [-0.25, -0.2) is 4.39 Å². The average Bonchev–Trinajstić information content (AvgIpc) is 2.79. The monoisotopic (exact) mass is 402 g/mol. The van der Waals surface area contributed by atoms with E-state index in [1.165, 1.54) is 11.1 Å². The highest BCUT2D eigenvalue weighted by Crippen LogP contribution is 2.22. The topological polar surface area (TPSA) is 0 Å². The van der Waals surface area contributed by atoms with Crippen LogP contribution in [0.1, 0.15) is 46.7 Å². The average molecular weight is 403 g/mol. The van der Waals surface area contributed by atoms with Crippen molar-refractivity contribution in [3.8, 4) is 23.7 Å². The van der Waals surface area contributed by atoms with Crippen LogP contribution in [0.3, 0.4) is 0 Å². The number of hydrogen-bond donors (Lipinski definition) is 0. The van der Waals surface area contributed by atoms with Crippen molar-refractivity contribution >= 4 is 10.8 Å². The fourth-order valence-corrected chi connectivity index (χ4v) is 3.43. The summed E-state index contributed by atoms with van der Waals surface area (Å²) in [4.78, 5) is 0. The molecule has 0 spiro atoms. The third kappa shape index (κ3) is 5.03. The van der Waals surface area contributed by atoms with Crippen molar-refractivity contribution < 1.29 is 4.39 Å². The van der Waals surface area contributed by atoms with E-state index in [1.807, 2.05) is 49.4 Å². The largest absolute Gasteiger partial charge is 0.205 e. The minimum Gasteiger partial charge on any atom is -0.205 e. The van der Waals surface area contributed by atoms with Crippen molar-refractivity contribution in [2.45, 2.75) is 26.7 Å². The van der Waals surface area contributed by atoms with Gasteiger partial charge in [-0.1, -0.05) is 79.0 Å². The molecule has 0 aliphatic rings. The highest BCUT2D eigenvalue weighted by Gasteiger charge is 2.06. The number of rotatable bonds is 2. The van der Waals surface area contributed by atoms with Gasteiger partial charge in [0.1, 0.15) is 5.82 Å². The molecule has 4 rings (SSSR count). The Balaban J connectivity index is 1.58. The Labute approximate surface area is 183 Å². The minimum absolute atomic E-state index is 0.289. The van der Waals surface area contributed by atoms with Gasteiger partial charge in [-0.15, -0.1) is 0 Å². The summed E-state index contributed by atoms with van der Waals surface area (Å²) in [5, 5.41) is 1.38. The fraction of sp³-hybridized carbons (Fsp3) is 0.133. The minimum atomic E-state index is -0.289. The standard InChI is InChI=1S/C30H23F/c1-3-4-23-9-11-25(12-10-23)13-14-26-16-20-29-28(21-26)19-18-27(30(29)31)17-15-24-7-5-22(2)6-8-24/h5-12,16,18-21H,3-4H2,1-2H3. The molecule has 0 nitrogen and oxygen atoms in total. The van der Waals surface area contributed by atoms with E-state index in [4.69, 9.17) is 0 Å². The van der Waals surface area contributed by atoms with E-state index < -0.39 is 0 Å². The predicted octanol–water partition coefficient (Wildman–Crippen LogP) is 7.04. The molecular formula is C30H23F. The number of fused-ring (bicyclic) bond motifs is 1. The van der Waals surface area contributed by atoms with Gasteiger partial charge in [-0.3, -0.25) is 0 Å². The molecule has 4 aromatic carbocycles. The lowest BCUT2D eigenvalue weighted by molar-refractivity contribution is 0.636. The smallest absolute Gasteiger partial charge is 0.146 e. The van der Waals surface area contributed by atoms with Gasteiger partial charge in [-0.2, -0.15) is 0 Å². The molecule has 0 atom stereocenters. The Bertz CT molecular complexity index is 1340. The molecule has 0 amide bonds. The molecule has 150 valence electrons. The van der Waals surface area contributed by atoms with Crippen molar-refractivity contribution in [2.24, 2.45) is 0 Å². The molecule has 0 aliphatic heterocycles. The van der Waals surface area contributed by atoms with E-state index in [9.17, 15) is 4.39 Å². The second-order valence-electron chi connectivity index (χ2n) is 7.68. The second kappa shape index (κ2) is 9.34. The molecule has 0 heterocycles. The molecule has 0 saturated carbocycles. The summed E-state index contributed by atoms with van der Waals surface area (Å²) in [6.45, 7) is 4.21. The van der Waals surface area contributed by atoms with E-state index in [-0.39, 0.29) is 5.82 Å². The first-order valence-corrected chi connectivity index (χ1v) is 10.5. The van der Waals surface area contributed by atoms with Gasteiger partial charge in [0, 0.05) is 22.1 Å². The lowest BCUT2D eigenvalue weighted by Gasteiger charge is -2.03. The zero-order valence-electron chi connectivity index (χ0n) is 17.8. The highest BCUT2D eigenvalue weighted by molar-refractivity contribution is 5.86. The van der Waals surface area contributed by atoms with Crippen LogP contribution in [-0.4, -0.2) is 0 Å². The molecule has 0 aromatic heterocycles. The molecule has 0 fully saturated rings. The molecule has 0 bridgehead atoms. The number of halogens is 1. The third-order valence-electron chi connectivity index (χ3n) is 5.19. The predicted molar refractivity (Wildman–Crippen MR) is 127 cm³/mol. The van der Waals surface area contributed by atoms with Crippen molar-refractivity contribution in [3.63, 3.8) is 0 Å². The van der Waals surface area contributed by atoms with Crippen LogP contribution < -0.4 is 0 Å². The van der Waals surface area contributed by atoms with Crippen molar-refractivity contribution in [3.05, 3.63) is 118 Å². The van der Waals surface area contributed by atoms with Crippen molar-refractivity contribution in [1.82, 2.24) is 0 Å². The van der Waals surface area contributed by atoms with Gasteiger partial charge in [0.05, 0.1) is 5.56 Å². The van der Waals surface area contributed by atoms with Gasteiger partial charge in [0.25, 0.3) is 0 Å². The molecule has 0 radical (unpaired) electrons. The van der Waals surface area contributed by atoms with E-state index in [2.05, 4.69) is 54.9 Å². The maximum atomic E-state index is 15.0. The number of hydrogen-bond acceptors (Lipinski definition) is 0. The molecule has 0 N–H and O–H groups in total. The van der Waals surface area contributed by atoms with Crippen LogP contribution >= 0.6 is 0 Å². The maximum absolute atomic E-state index is 15.0. The molecular weight excluding hydrogens is 379 g/mol. The van der Waals surface area contributed by atoms with E-state index in [0.29, 0.717) is 10.9 Å². The van der Waals surface area contributed by atoms with Gasteiger partial charge in [0.2, 0.25) is 0 Å². The summed E-state index contributed by atoms with van der Waals surface area (Å²) in [5.41, 5.74) is 5.62. The van der Waals surface area contributed by atoms with E-state index >= 15 is 0 Å². The zero-order valence-corrected chi connectivity index (χ0v) is 17.8. The summed E-state index contributed by atoms with van der Waals surface area (Å²) in [7, 11) is 0.